The maximum atomic E-state index is 13.3. The van der Waals surface area contributed by atoms with E-state index in [1.54, 1.807) is 0 Å². The second-order valence-electron chi connectivity index (χ2n) is 8.19. The van der Waals surface area contributed by atoms with Crippen LogP contribution in [0.2, 0.25) is 0 Å². The quantitative estimate of drug-likeness (QED) is 0.363. The molecule has 0 aromatic heterocycles. The number of Topliss-reactive ketones (excluding diaryl/α,β-unsaturated/α-hetero) is 2. The molecular formula is C22H20ClNO8. The van der Waals surface area contributed by atoms with Gasteiger partial charge in [0.05, 0.1) is 12.2 Å². The SMILES string of the molecule is NC(=O)C1=C(O)C[C@@H]2C[C@@H]3Cc4c(/C=C(\Cl)CO)ccc(O)c4C(=O)C3=C(O)[C@]2(O)C1=O. The van der Waals surface area contributed by atoms with Crippen LogP contribution in [0.25, 0.3) is 6.08 Å². The molecule has 3 aliphatic carbocycles. The normalized spacial score (nSPS) is 27.8. The number of aliphatic hydroxyl groups excluding tert-OH is 3. The van der Waals surface area contributed by atoms with Crippen molar-refractivity contribution in [1.82, 2.24) is 0 Å². The number of benzene rings is 1. The topological polar surface area (TPSA) is 178 Å². The zero-order valence-electron chi connectivity index (χ0n) is 16.6. The molecular weight excluding hydrogens is 442 g/mol. The van der Waals surface area contributed by atoms with Crippen LogP contribution in [-0.2, 0) is 16.0 Å². The number of amides is 1. The van der Waals surface area contributed by atoms with E-state index in [-0.39, 0.29) is 41.2 Å². The number of rotatable bonds is 3. The largest absolute Gasteiger partial charge is 0.511 e. The summed E-state index contributed by atoms with van der Waals surface area (Å²) in [6, 6.07) is 2.80. The average molecular weight is 462 g/mol. The maximum absolute atomic E-state index is 13.3. The lowest BCUT2D eigenvalue weighted by Crippen LogP contribution is -2.57. The van der Waals surface area contributed by atoms with Gasteiger partial charge < -0.3 is 31.3 Å². The second-order valence-corrected chi connectivity index (χ2v) is 8.67. The van der Waals surface area contributed by atoms with Gasteiger partial charge in [-0.2, -0.15) is 0 Å². The lowest BCUT2D eigenvalue weighted by atomic mass is 9.60. The van der Waals surface area contributed by atoms with Gasteiger partial charge in [0.1, 0.15) is 22.8 Å². The Morgan fingerprint density at radius 1 is 1.22 bits per heavy atom. The molecule has 4 rings (SSSR count). The van der Waals surface area contributed by atoms with Crippen molar-refractivity contribution < 1.29 is 39.9 Å². The van der Waals surface area contributed by atoms with Crippen molar-refractivity contribution in [2.45, 2.75) is 24.9 Å². The van der Waals surface area contributed by atoms with Gasteiger partial charge in [0.15, 0.2) is 11.4 Å². The van der Waals surface area contributed by atoms with Gasteiger partial charge in [-0.1, -0.05) is 17.7 Å². The summed E-state index contributed by atoms with van der Waals surface area (Å²) in [7, 11) is 0. The highest BCUT2D eigenvalue weighted by atomic mass is 35.5. The first-order valence-corrected chi connectivity index (χ1v) is 10.2. The smallest absolute Gasteiger partial charge is 0.255 e. The zero-order valence-corrected chi connectivity index (χ0v) is 17.4. The van der Waals surface area contributed by atoms with E-state index in [0.717, 1.165) is 0 Å². The fourth-order valence-corrected chi connectivity index (χ4v) is 5.11. The Balaban J connectivity index is 1.90. The Morgan fingerprint density at radius 2 is 1.91 bits per heavy atom. The van der Waals surface area contributed by atoms with Gasteiger partial charge >= 0.3 is 0 Å². The van der Waals surface area contributed by atoms with Crippen molar-refractivity contribution in [2.75, 3.05) is 6.61 Å². The van der Waals surface area contributed by atoms with Crippen molar-refractivity contribution in [3.63, 3.8) is 0 Å². The predicted molar refractivity (Wildman–Crippen MR) is 112 cm³/mol. The van der Waals surface area contributed by atoms with Gasteiger partial charge in [0.25, 0.3) is 5.91 Å². The van der Waals surface area contributed by atoms with Crippen LogP contribution in [0.15, 0.2) is 39.8 Å². The molecule has 0 heterocycles. The molecule has 32 heavy (non-hydrogen) atoms. The molecule has 0 unspecified atom stereocenters. The number of aromatic hydroxyl groups is 1. The number of halogens is 1. The number of primary amides is 1. The number of hydrogen-bond acceptors (Lipinski definition) is 8. The molecule has 0 aliphatic heterocycles. The standard InChI is InChI=1S/C22H20ClNO8/c23-11(7-25)4-8-1-2-13(26)16-12(8)5-9-3-10-6-14(27)17(21(24)31)20(30)22(10,32)19(29)15(9)18(16)28/h1-2,4,9-10,25-27,29,32H,3,5-7H2,(H2,24,31)/b11-4-/t9-,10+,22+/m1/s1. The van der Waals surface area contributed by atoms with Crippen molar-refractivity contribution in [3.05, 3.63) is 56.5 Å². The lowest BCUT2D eigenvalue weighted by molar-refractivity contribution is -0.144. The summed E-state index contributed by atoms with van der Waals surface area (Å²) in [4.78, 5) is 37.9. The Labute approximate surface area is 186 Å². The Bertz CT molecular complexity index is 1180. The van der Waals surface area contributed by atoms with E-state index in [1.165, 1.54) is 18.2 Å². The van der Waals surface area contributed by atoms with E-state index in [9.17, 15) is 39.9 Å². The van der Waals surface area contributed by atoms with E-state index < -0.39 is 58.6 Å². The van der Waals surface area contributed by atoms with Crippen molar-refractivity contribution in [2.24, 2.45) is 17.6 Å². The minimum Gasteiger partial charge on any atom is -0.511 e. The minimum absolute atomic E-state index is 0.0372. The number of aliphatic hydroxyl groups is 4. The van der Waals surface area contributed by atoms with Crippen LogP contribution >= 0.6 is 11.6 Å². The maximum Gasteiger partial charge on any atom is 0.255 e. The van der Waals surface area contributed by atoms with E-state index >= 15 is 0 Å². The molecule has 168 valence electrons. The Morgan fingerprint density at radius 3 is 2.53 bits per heavy atom. The van der Waals surface area contributed by atoms with Crippen LogP contribution in [0.5, 0.6) is 5.75 Å². The van der Waals surface area contributed by atoms with Crippen LogP contribution in [0.1, 0.15) is 34.3 Å². The Kier molecular flexibility index (Phi) is 5.15. The number of hydrogen-bond donors (Lipinski definition) is 6. The number of ketones is 2. The third-order valence-electron chi connectivity index (χ3n) is 6.44. The predicted octanol–water partition coefficient (Wildman–Crippen LogP) is 1.15. The van der Waals surface area contributed by atoms with Crippen molar-refractivity contribution in [3.8, 4) is 5.75 Å². The van der Waals surface area contributed by atoms with Gasteiger partial charge in [-0.25, -0.2) is 0 Å². The molecule has 0 spiro atoms. The van der Waals surface area contributed by atoms with E-state index in [2.05, 4.69) is 0 Å². The number of fused-ring (bicyclic) bond motifs is 3. The van der Waals surface area contributed by atoms with Crippen LogP contribution in [-0.4, -0.2) is 55.2 Å². The minimum atomic E-state index is -2.59. The molecule has 1 aromatic rings. The van der Waals surface area contributed by atoms with Crippen LogP contribution in [0.4, 0.5) is 0 Å². The van der Waals surface area contributed by atoms with Crippen LogP contribution < -0.4 is 5.73 Å². The third-order valence-corrected chi connectivity index (χ3v) is 6.67. The second kappa shape index (κ2) is 7.47. The number of allylic oxidation sites excluding steroid dienone is 2. The molecule has 0 bridgehead atoms. The first kappa shape index (κ1) is 22.1. The fraction of sp³-hybridized carbons (Fsp3) is 0.318. The van der Waals surface area contributed by atoms with Gasteiger partial charge in [-0.05, 0) is 42.0 Å². The highest BCUT2D eigenvalue weighted by Gasteiger charge is 2.59. The van der Waals surface area contributed by atoms with Crippen molar-refractivity contribution in [1.29, 1.82) is 0 Å². The summed E-state index contributed by atoms with van der Waals surface area (Å²) in [5.74, 6) is -6.78. The molecule has 3 atom stereocenters. The molecule has 1 amide bonds. The summed E-state index contributed by atoms with van der Waals surface area (Å²) in [6.45, 7) is -0.425. The number of carbonyl (C=O) groups excluding carboxylic acids is 3. The van der Waals surface area contributed by atoms with Gasteiger partial charge in [0.2, 0.25) is 5.78 Å². The molecule has 3 aliphatic rings. The third kappa shape index (κ3) is 2.96. The Hall–Kier alpha value is -3.14. The number of nitrogens with two attached hydrogens (primary N) is 1. The van der Waals surface area contributed by atoms with E-state index in [0.29, 0.717) is 11.1 Å². The van der Waals surface area contributed by atoms with Gasteiger partial charge in [-0.3, -0.25) is 14.4 Å². The molecule has 0 saturated heterocycles. The molecule has 0 saturated carbocycles. The first-order valence-electron chi connectivity index (χ1n) is 9.81. The van der Waals surface area contributed by atoms with E-state index in [4.69, 9.17) is 17.3 Å². The summed E-state index contributed by atoms with van der Waals surface area (Å²) in [5, 5.41) is 52.0. The lowest BCUT2D eigenvalue weighted by Gasteiger charge is -2.45. The summed E-state index contributed by atoms with van der Waals surface area (Å²) < 4.78 is 0. The highest BCUT2D eigenvalue weighted by molar-refractivity contribution is 6.31. The monoisotopic (exact) mass is 461 g/mol. The van der Waals surface area contributed by atoms with Crippen LogP contribution in [0, 0.1) is 11.8 Å². The molecule has 0 radical (unpaired) electrons. The molecule has 10 heteroatoms. The van der Waals surface area contributed by atoms with Gasteiger partial charge in [0, 0.05) is 22.9 Å². The number of carbonyl (C=O) groups is 3. The van der Waals surface area contributed by atoms with Gasteiger partial charge in [-0.15, -0.1) is 0 Å². The zero-order chi connectivity index (χ0) is 23.5. The number of phenolic OH excluding ortho intramolecular Hbond substituents is 1. The van der Waals surface area contributed by atoms with E-state index in [1.807, 2.05) is 0 Å². The molecule has 0 fully saturated rings. The summed E-state index contributed by atoms with van der Waals surface area (Å²) in [5.41, 5.74) is 2.33. The van der Waals surface area contributed by atoms with Crippen molar-refractivity contribution >= 4 is 35.2 Å². The molecule has 9 nitrogen and oxygen atoms in total. The van der Waals surface area contributed by atoms with Crippen LogP contribution in [0.3, 0.4) is 0 Å². The molecule has 1 aromatic carbocycles. The first-order chi connectivity index (χ1) is 15.0. The molecule has 7 N–H and O–H groups in total. The highest BCUT2D eigenvalue weighted by Crippen LogP contribution is 2.51. The number of phenols is 1. The summed E-state index contributed by atoms with van der Waals surface area (Å²) >= 11 is 5.93. The summed E-state index contributed by atoms with van der Waals surface area (Å²) in [6.07, 6.45) is 1.36. The average Bonchev–Trinajstić information content (AvgIpc) is 2.72. The fourth-order valence-electron chi connectivity index (χ4n) is 4.99.